The lowest BCUT2D eigenvalue weighted by Gasteiger charge is -2.09. The van der Waals surface area contributed by atoms with Crippen LogP contribution in [0.4, 0.5) is 0 Å². The van der Waals surface area contributed by atoms with E-state index in [0.29, 0.717) is 17.8 Å². The van der Waals surface area contributed by atoms with Crippen molar-refractivity contribution in [3.63, 3.8) is 0 Å². The largest absolute Gasteiger partial charge is 0.481 e. The number of aliphatic carboxylic acids is 1. The van der Waals surface area contributed by atoms with Crippen molar-refractivity contribution >= 4 is 5.97 Å². The Hall–Kier alpha value is -1.31. The lowest BCUT2D eigenvalue weighted by molar-refractivity contribution is -0.141. The molecule has 78 valence electrons. The maximum atomic E-state index is 10.8. The Balaban J connectivity index is 1.71. The molecule has 0 aromatic heterocycles. The van der Waals surface area contributed by atoms with Crippen molar-refractivity contribution in [2.45, 2.75) is 18.8 Å². The zero-order valence-corrected chi connectivity index (χ0v) is 8.47. The van der Waals surface area contributed by atoms with Gasteiger partial charge in [0.1, 0.15) is 0 Å². The summed E-state index contributed by atoms with van der Waals surface area (Å²) in [6, 6.07) is 10.5. The van der Waals surface area contributed by atoms with E-state index in [0.717, 1.165) is 12.8 Å². The molecule has 2 aliphatic carbocycles. The summed E-state index contributed by atoms with van der Waals surface area (Å²) in [6.07, 6.45) is 1.78. The van der Waals surface area contributed by atoms with E-state index >= 15 is 0 Å². The molecule has 3 rings (SSSR count). The standard InChI is InChI=1S/C13H14O2/c14-13(15)9-6-10-11(7-9)12(10)8-4-2-1-3-5-8/h1-5,9-12H,6-7H2,(H,14,15). The summed E-state index contributed by atoms with van der Waals surface area (Å²) < 4.78 is 0. The maximum absolute atomic E-state index is 10.8. The minimum absolute atomic E-state index is 0.0695. The zero-order chi connectivity index (χ0) is 10.4. The minimum Gasteiger partial charge on any atom is -0.481 e. The molecule has 2 unspecified atom stereocenters. The van der Waals surface area contributed by atoms with Crippen LogP contribution in [0.1, 0.15) is 24.3 Å². The lowest BCUT2D eigenvalue weighted by atomic mass is 9.96. The lowest BCUT2D eigenvalue weighted by Crippen LogP contribution is -2.12. The Labute approximate surface area is 88.9 Å². The predicted octanol–water partition coefficient (Wildman–Crippen LogP) is 2.51. The molecular weight excluding hydrogens is 188 g/mol. The monoisotopic (exact) mass is 202 g/mol. The first-order valence-corrected chi connectivity index (χ1v) is 5.55. The van der Waals surface area contributed by atoms with Crippen molar-refractivity contribution in [1.82, 2.24) is 0 Å². The summed E-state index contributed by atoms with van der Waals surface area (Å²) in [5, 5.41) is 8.91. The predicted molar refractivity (Wildman–Crippen MR) is 56.5 cm³/mol. The number of carbonyl (C=O) groups is 1. The van der Waals surface area contributed by atoms with Gasteiger partial charge in [0.05, 0.1) is 5.92 Å². The molecule has 0 aliphatic heterocycles. The first-order chi connectivity index (χ1) is 7.27. The van der Waals surface area contributed by atoms with Gasteiger partial charge in [0, 0.05) is 0 Å². The number of benzene rings is 1. The van der Waals surface area contributed by atoms with E-state index in [1.54, 1.807) is 0 Å². The van der Waals surface area contributed by atoms with Crippen LogP contribution in [-0.4, -0.2) is 11.1 Å². The fraction of sp³-hybridized carbons (Fsp3) is 0.462. The van der Waals surface area contributed by atoms with E-state index in [2.05, 4.69) is 24.3 Å². The molecule has 0 bridgehead atoms. The molecule has 1 aromatic carbocycles. The molecule has 1 N–H and O–H groups in total. The van der Waals surface area contributed by atoms with E-state index in [1.807, 2.05) is 6.07 Å². The van der Waals surface area contributed by atoms with Gasteiger partial charge in [-0.05, 0) is 36.2 Å². The number of carboxylic acid groups (broad SMARTS) is 1. The van der Waals surface area contributed by atoms with Crippen LogP contribution in [0.3, 0.4) is 0 Å². The van der Waals surface area contributed by atoms with Crippen molar-refractivity contribution in [3.8, 4) is 0 Å². The zero-order valence-electron chi connectivity index (χ0n) is 8.47. The van der Waals surface area contributed by atoms with Gasteiger partial charge in [0.25, 0.3) is 0 Å². The number of rotatable bonds is 2. The molecule has 2 saturated carbocycles. The van der Waals surface area contributed by atoms with Crippen molar-refractivity contribution in [2.75, 3.05) is 0 Å². The van der Waals surface area contributed by atoms with Crippen LogP contribution >= 0.6 is 0 Å². The molecule has 2 nitrogen and oxygen atoms in total. The Kier molecular flexibility index (Phi) is 1.84. The molecule has 2 atom stereocenters. The summed E-state index contributed by atoms with van der Waals surface area (Å²) in [6.45, 7) is 0. The minimum atomic E-state index is -0.603. The molecule has 2 heteroatoms. The quantitative estimate of drug-likeness (QED) is 0.800. The van der Waals surface area contributed by atoms with Gasteiger partial charge in [-0.25, -0.2) is 0 Å². The fourth-order valence-corrected chi connectivity index (χ4v) is 3.21. The highest BCUT2D eigenvalue weighted by Crippen LogP contribution is 2.64. The van der Waals surface area contributed by atoms with E-state index in [1.165, 1.54) is 5.56 Å². The Bertz CT molecular complexity index is 373. The average molecular weight is 202 g/mol. The Morgan fingerprint density at radius 1 is 1.13 bits per heavy atom. The molecule has 2 fully saturated rings. The van der Waals surface area contributed by atoms with E-state index in [4.69, 9.17) is 5.11 Å². The average Bonchev–Trinajstić information content (AvgIpc) is 2.74. The Morgan fingerprint density at radius 3 is 2.27 bits per heavy atom. The summed E-state index contributed by atoms with van der Waals surface area (Å²) >= 11 is 0. The topological polar surface area (TPSA) is 37.3 Å². The van der Waals surface area contributed by atoms with Crippen LogP contribution in [0, 0.1) is 17.8 Å². The second kappa shape index (κ2) is 3.09. The highest BCUT2D eigenvalue weighted by atomic mass is 16.4. The maximum Gasteiger partial charge on any atom is 0.306 e. The molecule has 0 amide bonds. The van der Waals surface area contributed by atoms with E-state index < -0.39 is 5.97 Å². The molecule has 15 heavy (non-hydrogen) atoms. The second-order valence-electron chi connectivity index (χ2n) is 4.77. The first kappa shape index (κ1) is 8.96. The van der Waals surface area contributed by atoms with Crippen LogP contribution < -0.4 is 0 Å². The van der Waals surface area contributed by atoms with Gasteiger partial charge < -0.3 is 5.11 Å². The van der Waals surface area contributed by atoms with Crippen LogP contribution in [-0.2, 0) is 4.79 Å². The number of hydrogen-bond acceptors (Lipinski definition) is 1. The van der Waals surface area contributed by atoms with Gasteiger partial charge in [0.2, 0.25) is 0 Å². The normalized spacial score (nSPS) is 37.3. The number of carboxylic acids is 1. The van der Waals surface area contributed by atoms with Crippen LogP contribution in [0.15, 0.2) is 30.3 Å². The smallest absolute Gasteiger partial charge is 0.306 e. The number of fused-ring (bicyclic) bond motifs is 1. The fourth-order valence-electron chi connectivity index (χ4n) is 3.21. The van der Waals surface area contributed by atoms with Gasteiger partial charge in [-0.2, -0.15) is 0 Å². The molecule has 0 radical (unpaired) electrons. The second-order valence-corrected chi connectivity index (χ2v) is 4.77. The SMILES string of the molecule is O=C(O)C1CC2C(C1)C2c1ccccc1. The Morgan fingerprint density at radius 2 is 1.73 bits per heavy atom. The van der Waals surface area contributed by atoms with Gasteiger partial charge in [-0.3, -0.25) is 4.79 Å². The van der Waals surface area contributed by atoms with Crippen molar-refractivity contribution in [2.24, 2.45) is 17.8 Å². The molecule has 0 spiro atoms. The van der Waals surface area contributed by atoms with Crippen LogP contribution in [0.25, 0.3) is 0 Å². The van der Waals surface area contributed by atoms with Crippen LogP contribution in [0.2, 0.25) is 0 Å². The van der Waals surface area contributed by atoms with Crippen molar-refractivity contribution in [1.29, 1.82) is 0 Å². The molecule has 2 aliphatic rings. The molecule has 0 heterocycles. The third kappa shape index (κ3) is 1.36. The van der Waals surface area contributed by atoms with Gasteiger partial charge in [-0.1, -0.05) is 30.3 Å². The summed E-state index contributed by atoms with van der Waals surface area (Å²) in [4.78, 5) is 10.8. The highest BCUT2D eigenvalue weighted by Gasteiger charge is 2.57. The van der Waals surface area contributed by atoms with Gasteiger partial charge in [-0.15, -0.1) is 0 Å². The molecule has 0 saturated heterocycles. The van der Waals surface area contributed by atoms with Crippen LogP contribution in [0.5, 0.6) is 0 Å². The van der Waals surface area contributed by atoms with Gasteiger partial charge in [0.15, 0.2) is 0 Å². The molecule has 1 aromatic rings. The van der Waals surface area contributed by atoms with Gasteiger partial charge >= 0.3 is 5.97 Å². The van der Waals surface area contributed by atoms with Crippen molar-refractivity contribution in [3.05, 3.63) is 35.9 Å². The first-order valence-electron chi connectivity index (χ1n) is 5.55. The number of hydrogen-bond donors (Lipinski definition) is 1. The third-order valence-corrected chi connectivity index (χ3v) is 3.98. The third-order valence-electron chi connectivity index (χ3n) is 3.98. The van der Waals surface area contributed by atoms with Crippen molar-refractivity contribution < 1.29 is 9.90 Å². The van der Waals surface area contributed by atoms with E-state index in [9.17, 15) is 4.79 Å². The highest BCUT2D eigenvalue weighted by molar-refractivity contribution is 5.71. The summed E-state index contributed by atoms with van der Waals surface area (Å²) in [5.41, 5.74) is 1.40. The van der Waals surface area contributed by atoms with E-state index in [-0.39, 0.29) is 5.92 Å². The molecular formula is C13H14O2. The summed E-state index contributed by atoms with van der Waals surface area (Å²) in [5.74, 6) is 1.28. The summed E-state index contributed by atoms with van der Waals surface area (Å²) in [7, 11) is 0.